The number of hydrogen-bond donors (Lipinski definition) is 3. The van der Waals surface area contributed by atoms with E-state index in [0.29, 0.717) is 17.3 Å². The largest absolute Gasteiger partial charge is 0.396 e. The van der Waals surface area contributed by atoms with Gasteiger partial charge in [-0.1, -0.05) is 6.92 Å². The molecule has 5 rings (SSSR count). The molecule has 0 bridgehead atoms. The van der Waals surface area contributed by atoms with E-state index < -0.39 is 0 Å². The molecule has 0 aromatic carbocycles. The van der Waals surface area contributed by atoms with Crippen molar-refractivity contribution in [2.75, 3.05) is 19.0 Å². The van der Waals surface area contributed by atoms with E-state index in [-0.39, 0.29) is 18.6 Å². The van der Waals surface area contributed by atoms with Crippen LogP contribution in [0.5, 0.6) is 0 Å². The molecule has 178 valence electrons. The van der Waals surface area contributed by atoms with Crippen LogP contribution in [0.2, 0.25) is 0 Å². The summed E-state index contributed by atoms with van der Waals surface area (Å²) < 4.78 is 3.92. The Labute approximate surface area is 198 Å². The Kier molecular flexibility index (Phi) is 6.19. The van der Waals surface area contributed by atoms with Crippen LogP contribution >= 0.6 is 0 Å². The molecule has 9 nitrogen and oxygen atoms in total. The number of carbonyl (C=O) groups excluding carboxylic acids is 1. The SMILES string of the molecule is CC[C@H](CCCCO)NC(=O)c1cnn2c(NC)cc(-c3cn(C4CC4)c4ncccc34)nc12. The summed E-state index contributed by atoms with van der Waals surface area (Å²) in [4.78, 5) is 22.7. The number of nitrogens with zero attached hydrogens (tertiary/aromatic N) is 5. The normalized spacial score (nSPS) is 14.6. The Morgan fingerprint density at radius 1 is 1.29 bits per heavy atom. The van der Waals surface area contributed by atoms with Crippen LogP contribution in [0.3, 0.4) is 0 Å². The Balaban J connectivity index is 1.54. The number of carbonyl (C=O) groups is 1. The van der Waals surface area contributed by atoms with E-state index in [4.69, 9.17) is 10.1 Å². The number of aromatic nitrogens is 5. The van der Waals surface area contributed by atoms with Gasteiger partial charge in [0.25, 0.3) is 5.91 Å². The van der Waals surface area contributed by atoms with Crippen LogP contribution in [-0.4, -0.2) is 54.9 Å². The Bertz CT molecular complexity index is 1320. The fraction of sp³-hybridized carbons (Fsp3) is 0.440. The number of unbranched alkanes of at least 4 members (excludes halogenated alkanes) is 1. The third kappa shape index (κ3) is 4.11. The molecule has 0 saturated heterocycles. The van der Waals surface area contributed by atoms with Gasteiger partial charge in [-0.3, -0.25) is 4.79 Å². The summed E-state index contributed by atoms with van der Waals surface area (Å²) in [7, 11) is 1.84. The van der Waals surface area contributed by atoms with Crippen molar-refractivity contribution < 1.29 is 9.90 Å². The van der Waals surface area contributed by atoms with Crippen molar-refractivity contribution in [2.24, 2.45) is 0 Å². The van der Waals surface area contributed by atoms with E-state index in [9.17, 15) is 4.79 Å². The number of pyridine rings is 1. The number of aliphatic hydroxyl groups is 1. The minimum Gasteiger partial charge on any atom is -0.396 e. The summed E-state index contributed by atoms with van der Waals surface area (Å²) in [5.41, 5.74) is 3.70. The molecule has 1 saturated carbocycles. The molecule has 0 spiro atoms. The van der Waals surface area contributed by atoms with Crippen molar-refractivity contribution in [3.8, 4) is 11.3 Å². The lowest BCUT2D eigenvalue weighted by atomic mass is 10.1. The maximum Gasteiger partial charge on any atom is 0.256 e. The number of hydrogen-bond acceptors (Lipinski definition) is 6. The maximum atomic E-state index is 13.2. The van der Waals surface area contributed by atoms with Gasteiger partial charge < -0.3 is 20.3 Å². The van der Waals surface area contributed by atoms with Crippen LogP contribution < -0.4 is 10.6 Å². The van der Waals surface area contributed by atoms with Gasteiger partial charge in [-0.05, 0) is 50.7 Å². The average molecular weight is 462 g/mol. The summed E-state index contributed by atoms with van der Waals surface area (Å²) in [5.74, 6) is 0.574. The predicted molar refractivity (Wildman–Crippen MR) is 132 cm³/mol. The third-order valence-electron chi connectivity index (χ3n) is 6.57. The fourth-order valence-electron chi connectivity index (χ4n) is 4.50. The van der Waals surface area contributed by atoms with Gasteiger partial charge in [0.1, 0.15) is 17.0 Å². The first-order valence-electron chi connectivity index (χ1n) is 12.1. The lowest BCUT2D eigenvalue weighted by molar-refractivity contribution is 0.0934. The van der Waals surface area contributed by atoms with Crippen LogP contribution in [0, 0.1) is 0 Å². The number of rotatable bonds is 10. The van der Waals surface area contributed by atoms with Gasteiger partial charge in [0.15, 0.2) is 5.65 Å². The van der Waals surface area contributed by atoms with Crippen molar-refractivity contribution in [3.05, 3.63) is 42.4 Å². The van der Waals surface area contributed by atoms with Gasteiger partial charge in [-0.15, -0.1) is 0 Å². The second-order valence-electron chi connectivity index (χ2n) is 8.92. The van der Waals surface area contributed by atoms with Crippen molar-refractivity contribution in [1.82, 2.24) is 29.5 Å². The van der Waals surface area contributed by atoms with Crippen LogP contribution in [0.1, 0.15) is 61.8 Å². The summed E-state index contributed by atoms with van der Waals surface area (Å²) in [5, 5.41) is 20.9. The van der Waals surface area contributed by atoms with Gasteiger partial charge >= 0.3 is 0 Å². The summed E-state index contributed by atoms with van der Waals surface area (Å²) in [6, 6.07) is 6.52. The molecule has 9 heteroatoms. The van der Waals surface area contributed by atoms with E-state index in [1.165, 1.54) is 0 Å². The highest BCUT2D eigenvalue weighted by Gasteiger charge is 2.27. The first-order chi connectivity index (χ1) is 16.6. The van der Waals surface area contributed by atoms with Crippen LogP contribution in [-0.2, 0) is 0 Å². The van der Waals surface area contributed by atoms with E-state index in [1.54, 1.807) is 10.7 Å². The molecule has 0 aliphatic heterocycles. The fourth-order valence-corrected chi connectivity index (χ4v) is 4.50. The van der Waals surface area contributed by atoms with Gasteiger partial charge in [0.2, 0.25) is 0 Å². The molecule has 4 aromatic rings. The van der Waals surface area contributed by atoms with E-state index >= 15 is 0 Å². The summed E-state index contributed by atoms with van der Waals surface area (Å²) in [6.07, 6.45) is 11.1. The van der Waals surface area contributed by atoms with Gasteiger partial charge in [0, 0.05) is 55.1 Å². The minimum atomic E-state index is -0.181. The van der Waals surface area contributed by atoms with Crippen LogP contribution in [0.4, 0.5) is 5.82 Å². The Hall–Kier alpha value is -3.46. The van der Waals surface area contributed by atoms with Gasteiger partial charge in [-0.25, -0.2) is 9.97 Å². The number of fused-ring (bicyclic) bond motifs is 2. The second kappa shape index (κ2) is 9.42. The van der Waals surface area contributed by atoms with Crippen LogP contribution in [0.15, 0.2) is 36.8 Å². The lowest BCUT2D eigenvalue weighted by Crippen LogP contribution is -2.34. The lowest BCUT2D eigenvalue weighted by Gasteiger charge is -2.16. The molecule has 34 heavy (non-hydrogen) atoms. The first-order valence-corrected chi connectivity index (χ1v) is 12.1. The standard InChI is InChI=1S/C25H31N7O2/c1-3-16(7-4-5-12-33)29-25(34)19-14-28-32-22(26-2)13-21(30-24(19)32)20-15-31(17-9-10-17)23-18(20)8-6-11-27-23/h6,8,11,13-17,26,33H,3-5,7,9-10,12H2,1-2H3,(H,29,34)/t16-/m1/s1. The molecular formula is C25H31N7O2. The molecule has 4 aromatic heterocycles. The highest BCUT2D eigenvalue weighted by atomic mass is 16.2. The highest BCUT2D eigenvalue weighted by Crippen LogP contribution is 2.40. The van der Waals surface area contributed by atoms with E-state index in [1.807, 2.05) is 25.4 Å². The van der Waals surface area contributed by atoms with Crippen molar-refractivity contribution >= 4 is 28.4 Å². The molecule has 1 fully saturated rings. The molecule has 1 aliphatic carbocycles. The number of amides is 1. The quantitative estimate of drug-likeness (QED) is 0.310. The highest BCUT2D eigenvalue weighted by molar-refractivity contribution is 6.01. The summed E-state index contributed by atoms with van der Waals surface area (Å²) >= 11 is 0. The Morgan fingerprint density at radius 2 is 2.15 bits per heavy atom. The first kappa shape index (κ1) is 22.3. The van der Waals surface area contributed by atoms with Crippen molar-refractivity contribution in [2.45, 2.75) is 57.5 Å². The molecule has 1 amide bonds. The average Bonchev–Trinajstić information content (AvgIpc) is 3.49. The molecule has 1 atom stereocenters. The van der Waals surface area contributed by atoms with Crippen LogP contribution in [0.25, 0.3) is 27.9 Å². The predicted octanol–water partition coefficient (Wildman–Crippen LogP) is 3.79. The number of aliphatic hydroxyl groups excluding tert-OH is 1. The van der Waals surface area contributed by atoms with Gasteiger partial charge in [-0.2, -0.15) is 9.61 Å². The minimum absolute atomic E-state index is 0.0449. The molecule has 3 N–H and O–H groups in total. The summed E-state index contributed by atoms with van der Waals surface area (Å²) in [6.45, 7) is 2.23. The van der Waals surface area contributed by atoms with Crippen molar-refractivity contribution in [3.63, 3.8) is 0 Å². The maximum absolute atomic E-state index is 13.2. The molecular weight excluding hydrogens is 430 g/mol. The third-order valence-corrected chi connectivity index (χ3v) is 6.57. The molecule has 0 radical (unpaired) electrons. The molecule has 0 unspecified atom stereocenters. The topological polar surface area (TPSA) is 109 Å². The van der Waals surface area contributed by atoms with Gasteiger partial charge in [0.05, 0.1) is 11.9 Å². The molecule has 1 aliphatic rings. The Morgan fingerprint density at radius 3 is 2.88 bits per heavy atom. The smallest absolute Gasteiger partial charge is 0.256 e. The monoisotopic (exact) mass is 461 g/mol. The van der Waals surface area contributed by atoms with E-state index in [0.717, 1.165) is 66.6 Å². The van der Waals surface area contributed by atoms with E-state index in [2.05, 4.69) is 44.5 Å². The zero-order valence-corrected chi connectivity index (χ0v) is 19.7. The zero-order valence-electron chi connectivity index (χ0n) is 19.7. The molecule has 4 heterocycles. The van der Waals surface area contributed by atoms with Crippen molar-refractivity contribution in [1.29, 1.82) is 0 Å². The number of nitrogens with one attached hydrogen (secondary N) is 2. The second-order valence-corrected chi connectivity index (χ2v) is 8.92. The number of anilines is 1. The zero-order chi connectivity index (χ0) is 23.7.